The van der Waals surface area contributed by atoms with Crippen LogP contribution in [0.5, 0.6) is 0 Å². The molecule has 0 atom stereocenters. The predicted octanol–water partition coefficient (Wildman–Crippen LogP) is 1.89. The van der Waals surface area contributed by atoms with Gasteiger partial charge in [-0.2, -0.15) is 5.10 Å². The molecule has 0 aliphatic carbocycles. The minimum Gasteiger partial charge on any atom is -0.444 e. The molecule has 1 aromatic heterocycles. The van der Waals surface area contributed by atoms with Gasteiger partial charge < -0.3 is 9.64 Å². The van der Waals surface area contributed by atoms with Gasteiger partial charge >= 0.3 is 6.09 Å². The molecule has 1 saturated heterocycles. The molecular weight excluding hydrogens is 237 g/mol. The summed E-state index contributed by atoms with van der Waals surface area (Å²) in [5.41, 5.74) is 0.0507. The lowest BCUT2D eigenvalue weighted by Gasteiger charge is -2.39. The van der Waals surface area contributed by atoms with Gasteiger partial charge in [0.15, 0.2) is 5.82 Å². The summed E-state index contributed by atoms with van der Waals surface area (Å²) in [4.78, 5) is 13.3. The number of ether oxygens (including phenoxy) is 1. The molecule has 0 N–H and O–H groups in total. The largest absolute Gasteiger partial charge is 0.444 e. The first-order chi connectivity index (χ1) is 8.28. The maximum Gasteiger partial charge on any atom is 0.410 e. The predicted molar refractivity (Wildman–Crippen MR) is 63.7 cm³/mol. The standard InChI is InChI=1S/C12H18FN3O2/c1-12(2,3)18-11(17)16-6-8(7-16)10-9(13)5-14-15(10)4/h5,8H,6-7H2,1-4H3. The molecule has 0 spiro atoms. The monoisotopic (exact) mass is 255 g/mol. The molecule has 1 amide bonds. The van der Waals surface area contributed by atoms with Crippen molar-refractivity contribution in [1.29, 1.82) is 0 Å². The van der Waals surface area contributed by atoms with Crippen LogP contribution in [0, 0.1) is 5.82 Å². The minimum absolute atomic E-state index is 0.00465. The topological polar surface area (TPSA) is 47.4 Å². The molecule has 0 saturated carbocycles. The highest BCUT2D eigenvalue weighted by molar-refractivity contribution is 5.69. The third-order valence-corrected chi connectivity index (χ3v) is 2.86. The maximum absolute atomic E-state index is 13.5. The number of halogens is 1. The van der Waals surface area contributed by atoms with E-state index in [2.05, 4.69) is 5.10 Å². The number of aryl methyl sites for hydroxylation is 1. The Bertz CT molecular complexity index is 439. The molecule has 2 rings (SSSR count). The van der Waals surface area contributed by atoms with E-state index in [0.29, 0.717) is 18.8 Å². The van der Waals surface area contributed by atoms with E-state index >= 15 is 0 Å². The lowest BCUT2D eigenvalue weighted by molar-refractivity contribution is 0.00725. The van der Waals surface area contributed by atoms with Crippen LogP contribution in [0.1, 0.15) is 32.4 Å². The summed E-state index contributed by atoms with van der Waals surface area (Å²) in [5.74, 6) is -0.309. The number of aromatic nitrogens is 2. The Hall–Kier alpha value is -1.59. The second-order valence-electron chi connectivity index (χ2n) is 5.58. The number of carbonyl (C=O) groups excluding carboxylic acids is 1. The number of nitrogens with zero attached hydrogens (tertiary/aromatic N) is 3. The maximum atomic E-state index is 13.5. The van der Waals surface area contributed by atoms with Crippen molar-refractivity contribution in [2.45, 2.75) is 32.3 Å². The number of hydrogen-bond acceptors (Lipinski definition) is 3. The summed E-state index contributed by atoms with van der Waals surface area (Å²) in [7, 11) is 1.70. The van der Waals surface area contributed by atoms with E-state index in [0.717, 1.165) is 0 Å². The normalized spacial score (nSPS) is 16.6. The molecule has 6 heteroatoms. The van der Waals surface area contributed by atoms with E-state index in [1.165, 1.54) is 10.9 Å². The van der Waals surface area contributed by atoms with Crippen LogP contribution in [0.15, 0.2) is 6.20 Å². The molecule has 5 nitrogen and oxygen atoms in total. The summed E-state index contributed by atoms with van der Waals surface area (Å²) in [6.45, 7) is 6.42. The fourth-order valence-electron chi connectivity index (χ4n) is 2.01. The molecule has 1 aliphatic rings. The highest BCUT2D eigenvalue weighted by Gasteiger charge is 2.37. The highest BCUT2D eigenvalue weighted by Crippen LogP contribution is 2.29. The van der Waals surface area contributed by atoms with Gasteiger partial charge in [-0.3, -0.25) is 4.68 Å². The zero-order chi connectivity index (χ0) is 13.5. The fraction of sp³-hybridized carbons (Fsp3) is 0.667. The van der Waals surface area contributed by atoms with Crippen LogP contribution >= 0.6 is 0 Å². The smallest absolute Gasteiger partial charge is 0.410 e. The quantitative estimate of drug-likeness (QED) is 0.770. The van der Waals surface area contributed by atoms with Crippen molar-refractivity contribution in [1.82, 2.24) is 14.7 Å². The van der Waals surface area contributed by atoms with Crippen molar-refractivity contribution in [3.05, 3.63) is 17.7 Å². The zero-order valence-electron chi connectivity index (χ0n) is 11.1. The van der Waals surface area contributed by atoms with Gasteiger partial charge in [-0.25, -0.2) is 9.18 Å². The number of amides is 1. The molecule has 1 fully saturated rings. The third-order valence-electron chi connectivity index (χ3n) is 2.86. The van der Waals surface area contributed by atoms with Crippen LogP contribution in [-0.2, 0) is 11.8 Å². The second kappa shape index (κ2) is 4.26. The molecule has 0 unspecified atom stereocenters. The summed E-state index contributed by atoms with van der Waals surface area (Å²) >= 11 is 0. The molecule has 18 heavy (non-hydrogen) atoms. The zero-order valence-corrected chi connectivity index (χ0v) is 11.1. The van der Waals surface area contributed by atoms with E-state index < -0.39 is 5.60 Å². The van der Waals surface area contributed by atoms with Crippen LogP contribution in [0.25, 0.3) is 0 Å². The highest BCUT2D eigenvalue weighted by atomic mass is 19.1. The minimum atomic E-state index is -0.500. The van der Waals surface area contributed by atoms with Gasteiger partial charge in [0, 0.05) is 26.1 Å². The Balaban J connectivity index is 1.93. The van der Waals surface area contributed by atoms with Crippen LogP contribution in [0.2, 0.25) is 0 Å². The summed E-state index contributed by atoms with van der Waals surface area (Å²) in [6.07, 6.45) is 0.854. The fourth-order valence-corrected chi connectivity index (χ4v) is 2.01. The Morgan fingerprint density at radius 3 is 2.56 bits per heavy atom. The third kappa shape index (κ3) is 2.47. The van der Waals surface area contributed by atoms with Gasteiger partial charge in [0.1, 0.15) is 5.60 Å². The van der Waals surface area contributed by atoms with E-state index in [-0.39, 0.29) is 17.8 Å². The molecule has 2 heterocycles. The lowest BCUT2D eigenvalue weighted by Crippen LogP contribution is -2.50. The van der Waals surface area contributed by atoms with Crippen LogP contribution < -0.4 is 0 Å². The van der Waals surface area contributed by atoms with Crippen molar-refractivity contribution in [2.24, 2.45) is 7.05 Å². The SMILES string of the molecule is Cn1ncc(F)c1C1CN(C(=O)OC(C)(C)C)C1. The number of likely N-dealkylation sites (tertiary alicyclic amines) is 1. The number of rotatable bonds is 1. The van der Waals surface area contributed by atoms with E-state index in [1.807, 2.05) is 20.8 Å². The van der Waals surface area contributed by atoms with Crippen molar-refractivity contribution >= 4 is 6.09 Å². The van der Waals surface area contributed by atoms with E-state index in [1.54, 1.807) is 11.9 Å². The van der Waals surface area contributed by atoms with Crippen molar-refractivity contribution < 1.29 is 13.9 Å². The van der Waals surface area contributed by atoms with Crippen LogP contribution in [-0.4, -0.2) is 39.5 Å². The van der Waals surface area contributed by atoms with Gasteiger partial charge in [-0.05, 0) is 20.8 Å². The molecule has 0 aromatic carbocycles. The van der Waals surface area contributed by atoms with E-state index in [4.69, 9.17) is 4.74 Å². The molecule has 1 aliphatic heterocycles. The number of carbonyl (C=O) groups is 1. The van der Waals surface area contributed by atoms with Gasteiger partial charge in [0.2, 0.25) is 0 Å². The molecule has 1 aromatic rings. The Morgan fingerprint density at radius 2 is 2.11 bits per heavy atom. The van der Waals surface area contributed by atoms with Gasteiger partial charge in [-0.15, -0.1) is 0 Å². The van der Waals surface area contributed by atoms with Crippen molar-refractivity contribution in [2.75, 3.05) is 13.1 Å². The molecule has 0 bridgehead atoms. The average molecular weight is 255 g/mol. The average Bonchev–Trinajstić information content (AvgIpc) is 2.43. The second-order valence-corrected chi connectivity index (χ2v) is 5.58. The van der Waals surface area contributed by atoms with Gasteiger partial charge in [-0.1, -0.05) is 0 Å². The Kier molecular flexibility index (Phi) is 3.04. The Morgan fingerprint density at radius 1 is 1.50 bits per heavy atom. The Labute approximate surface area is 106 Å². The van der Waals surface area contributed by atoms with Gasteiger partial charge in [0.05, 0.1) is 11.9 Å². The van der Waals surface area contributed by atoms with Crippen molar-refractivity contribution in [3.8, 4) is 0 Å². The van der Waals surface area contributed by atoms with E-state index in [9.17, 15) is 9.18 Å². The molecule has 0 radical (unpaired) electrons. The first-order valence-electron chi connectivity index (χ1n) is 5.93. The van der Waals surface area contributed by atoms with Gasteiger partial charge in [0.25, 0.3) is 0 Å². The number of hydrogen-bond donors (Lipinski definition) is 0. The lowest BCUT2D eigenvalue weighted by atomic mass is 9.96. The van der Waals surface area contributed by atoms with Crippen LogP contribution in [0.4, 0.5) is 9.18 Å². The summed E-state index contributed by atoms with van der Waals surface area (Å²) in [5, 5.41) is 3.86. The molecule has 100 valence electrons. The van der Waals surface area contributed by atoms with Crippen LogP contribution in [0.3, 0.4) is 0 Å². The summed E-state index contributed by atoms with van der Waals surface area (Å²) in [6, 6.07) is 0. The first kappa shape index (κ1) is 12.9. The summed E-state index contributed by atoms with van der Waals surface area (Å²) < 4.78 is 20.2. The molecular formula is C12H18FN3O2. The first-order valence-corrected chi connectivity index (χ1v) is 5.93. The van der Waals surface area contributed by atoms with Crippen molar-refractivity contribution in [3.63, 3.8) is 0 Å².